The van der Waals surface area contributed by atoms with E-state index in [0.717, 1.165) is 48.9 Å². The van der Waals surface area contributed by atoms with Crippen molar-refractivity contribution >= 4 is 23.7 Å². The van der Waals surface area contributed by atoms with Crippen molar-refractivity contribution in [3.63, 3.8) is 0 Å². The molecule has 1 aliphatic heterocycles. The van der Waals surface area contributed by atoms with Crippen LogP contribution < -0.4 is 4.90 Å². The van der Waals surface area contributed by atoms with E-state index < -0.39 is 5.97 Å². The van der Waals surface area contributed by atoms with Gasteiger partial charge in [-0.25, -0.2) is 4.79 Å². The molecule has 2 amide bonds. The van der Waals surface area contributed by atoms with Crippen molar-refractivity contribution in [1.82, 2.24) is 4.90 Å². The van der Waals surface area contributed by atoms with Gasteiger partial charge in [-0.15, -0.1) is 0 Å². The third kappa shape index (κ3) is 4.71. The maximum atomic E-state index is 13.7. The average molecular weight is 491 g/mol. The largest absolute Gasteiger partial charge is 0.481 e. The third-order valence-corrected chi connectivity index (χ3v) is 7.85. The number of nitrogens with zero attached hydrogens (tertiary/aromatic N) is 2. The Morgan fingerprint density at radius 3 is 2.42 bits per heavy atom. The molecule has 0 saturated heterocycles. The fraction of sp³-hybridized carbons (Fsp3) is 0.483. The summed E-state index contributed by atoms with van der Waals surface area (Å²) in [5, 5.41) is 9.16. The van der Waals surface area contributed by atoms with Crippen LogP contribution in [0.15, 0.2) is 54.6 Å². The van der Waals surface area contributed by atoms with Crippen LogP contribution in [0.25, 0.3) is 0 Å². The van der Waals surface area contributed by atoms with Gasteiger partial charge in [0.1, 0.15) is 6.10 Å². The van der Waals surface area contributed by atoms with Gasteiger partial charge in [0, 0.05) is 24.4 Å². The Balaban J connectivity index is 1.48. The molecule has 7 heteroatoms. The van der Waals surface area contributed by atoms with Crippen LogP contribution >= 0.6 is 0 Å². The van der Waals surface area contributed by atoms with Gasteiger partial charge in [0.2, 0.25) is 5.91 Å². The minimum absolute atomic E-state index is 0.00288. The number of aliphatic carboxylic acids is 1. The summed E-state index contributed by atoms with van der Waals surface area (Å²) in [5.41, 5.74) is 2.74. The van der Waals surface area contributed by atoms with Crippen molar-refractivity contribution in [1.29, 1.82) is 0 Å². The number of hydrogen-bond donors (Lipinski definition) is 1. The second-order valence-electron chi connectivity index (χ2n) is 10.2. The van der Waals surface area contributed by atoms with Gasteiger partial charge in [-0.05, 0) is 49.3 Å². The van der Waals surface area contributed by atoms with Crippen LogP contribution in [0.5, 0.6) is 0 Å². The third-order valence-electron chi connectivity index (χ3n) is 7.85. The standard InChI is InChI=1S/C29H34N2O5/c1-2-25(19-9-4-3-5-10-19)36-29(35)31-23-13-7-6-11-21(23)28(22-12-8-14-24(22)31)30(20-15-16-20)26(32)17-18-27(33)34/h3-7,9-11,13,20,22,24-25,28H,2,8,12,14-18H2,1H3,(H,33,34)/t22?,24?,25-,28?/m1/s1. The van der Waals surface area contributed by atoms with Crippen LogP contribution in [0.4, 0.5) is 10.5 Å². The van der Waals surface area contributed by atoms with Crippen molar-refractivity contribution < 1.29 is 24.2 Å². The molecular formula is C29H34N2O5. The Kier molecular flexibility index (Phi) is 6.99. The first-order valence-electron chi connectivity index (χ1n) is 13.2. The molecule has 0 bridgehead atoms. The zero-order valence-electron chi connectivity index (χ0n) is 20.7. The van der Waals surface area contributed by atoms with Gasteiger partial charge < -0.3 is 14.7 Å². The second-order valence-corrected chi connectivity index (χ2v) is 10.2. The number of carboxylic acids is 1. The van der Waals surface area contributed by atoms with E-state index in [0.29, 0.717) is 6.42 Å². The number of anilines is 1. The minimum Gasteiger partial charge on any atom is -0.481 e. The van der Waals surface area contributed by atoms with E-state index in [1.54, 1.807) is 0 Å². The molecule has 1 heterocycles. The van der Waals surface area contributed by atoms with Crippen LogP contribution in [0.3, 0.4) is 0 Å². The number of benzene rings is 2. The number of fused-ring (bicyclic) bond motifs is 2. The average Bonchev–Trinajstić information content (AvgIpc) is 3.61. The molecule has 0 spiro atoms. The molecule has 7 nitrogen and oxygen atoms in total. The van der Waals surface area contributed by atoms with E-state index in [2.05, 4.69) is 0 Å². The highest BCUT2D eigenvalue weighted by Gasteiger charge is 2.51. The van der Waals surface area contributed by atoms with E-state index in [4.69, 9.17) is 9.84 Å². The molecule has 0 aromatic heterocycles. The van der Waals surface area contributed by atoms with E-state index in [1.165, 1.54) is 0 Å². The molecule has 36 heavy (non-hydrogen) atoms. The molecule has 1 N–H and O–H groups in total. The number of carboxylic acid groups (broad SMARTS) is 1. The van der Waals surface area contributed by atoms with Gasteiger partial charge in [0.25, 0.3) is 0 Å². The quantitative estimate of drug-likeness (QED) is 0.501. The lowest BCUT2D eigenvalue weighted by Crippen LogP contribution is -2.53. The highest BCUT2D eigenvalue weighted by atomic mass is 16.6. The minimum atomic E-state index is -0.959. The van der Waals surface area contributed by atoms with Gasteiger partial charge >= 0.3 is 12.1 Å². The predicted octanol–water partition coefficient (Wildman–Crippen LogP) is 5.86. The first-order valence-corrected chi connectivity index (χ1v) is 13.2. The van der Waals surface area contributed by atoms with Crippen molar-refractivity contribution in [2.45, 2.75) is 82.5 Å². The number of para-hydroxylation sites is 1. The van der Waals surface area contributed by atoms with Gasteiger partial charge in [-0.3, -0.25) is 14.5 Å². The van der Waals surface area contributed by atoms with E-state index in [9.17, 15) is 14.4 Å². The molecular weight excluding hydrogens is 456 g/mol. The molecule has 3 unspecified atom stereocenters. The molecule has 190 valence electrons. The van der Waals surface area contributed by atoms with Crippen LogP contribution in [0.1, 0.15) is 81.6 Å². The summed E-state index contributed by atoms with van der Waals surface area (Å²) >= 11 is 0. The normalized spacial score (nSPS) is 23.4. The number of rotatable bonds is 8. The topological polar surface area (TPSA) is 87.2 Å². The maximum Gasteiger partial charge on any atom is 0.415 e. The Hall–Kier alpha value is -3.35. The molecule has 5 rings (SSSR count). The summed E-state index contributed by atoms with van der Waals surface area (Å²) in [6, 6.07) is 17.6. The smallest absolute Gasteiger partial charge is 0.415 e. The first-order chi connectivity index (χ1) is 17.5. The van der Waals surface area contributed by atoms with Crippen molar-refractivity contribution in [2.75, 3.05) is 4.90 Å². The number of amides is 2. The van der Waals surface area contributed by atoms with Crippen LogP contribution in [0, 0.1) is 5.92 Å². The summed E-state index contributed by atoms with van der Waals surface area (Å²) in [7, 11) is 0. The molecule has 0 radical (unpaired) electrons. The molecule has 3 aliphatic rings. The highest BCUT2D eigenvalue weighted by molar-refractivity contribution is 5.91. The number of hydrogen-bond acceptors (Lipinski definition) is 4. The highest BCUT2D eigenvalue weighted by Crippen LogP contribution is 2.53. The molecule has 2 aromatic rings. The van der Waals surface area contributed by atoms with Gasteiger partial charge in [-0.2, -0.15) is 0 Å². The van der Waals surface area contributed by atoms with E-state index >= 15 is 0 Å². The fourth-order valence-electron chi connectivity index (χ4n) is 6.13. The lowest BCUT2D eigenvalue weighted by molar-refractivity contribution is -0.142. The predicted molar refractivity (Wildman–Crippen MR) is 135 cm³/mol. The summed E-state index contributed by atoms with van der Waals surface area (Å²) in [6.07, 6.45) is 4.47. The second kappa shape index (κ2) is 10.3. The van der Waals surface area contributed by atoms with Gasteiger partial charge in [0.05, 0.1) is 18.2 Å². The molecule has 2 aliphatic carbocycles. The van der Waals surface area contributed by atoms with E-state index in [-0.39, 0.29) is 55.0 Å². The lowest BCUT2D eigenvalue weighted by Gasteiger charge is -2.47. The summed E-state index contributed by atoms with van der Waals surface area (Å²) in [5.74, 6) is -0.963. The van der Waals surface area contributed by atoms with Gasteiger partial charge in [0.15, 0.2) is 0 Å². The summed E-state index contributed by atoms with van der Waals surface area (Å²) in [6.45, 7) is 2.01. The Bertz CT molecular complexity index is 1120. The molecule has 4 atom stereocenters. The molecule has 2 saturated carbocycles. The van der Waals surface area contributed by atoms with Crippen molar-refractivity contribution in [2.24, 2.45) is 5.92 Å². The monoisotopic (exact) mass is 490 g/mol. The lowest BCUT2D eigenvalue weighted by atomic mass is 9.81. The van der Waals surface area contributed by atoms with Crippen LogP contribution in [-0.4, -0.2) is 40.1 Å². The Morgan fingerprint density at radius 1 is 1.00 bits per heavy atom. The Morgan fingerprint density at radius 2 is 1.72 bits per heavy atom. The fourth-order valence-corrected chi connectivity index (χ4v) is 6.13. The zero-order valence-corrected chi connectivity index (χ0v) is 20.7. The first kappa shape index (κ1) is 24.3. The maximum absolute atomic E-state index is 13.7. The number of ether oxygens (including phenoxy) is 1. The number of carbonyl (C=O) groups is 3. The van der Waals surface area contributed by atoms with Gasteiger partial charge in [-0.1, -0.05) is 61.9 Å². The number of carbonyl (C=O) groups excluding carboxylic acids is 2. The van der Waals surface area contributed by atoms with Crippen molar-refractivity contribution in [3.05, 3.63) is 65.7 Å². The summed E-state index contributed by atoms with van der Waals surface area (Å²) < 4.78 is 6.10. The molecule has 2 fully saturated rings. The summed E-state index contributed by atoms with van der Waals surface area (Å²) in [4.78, 5) is 42.1. The van der Waals surface area contributed by atoms with Crippen LogP contribution in [-0.2, 0) is 14.3 Å². The zero-order chi connectivity index (χ0) is 25.2. The Labute approximate surface area is 212 Å². The van der Waals surface area contributed by atoms with E-state index in [1.807, 2.05) is 71.3 Å². The molecule has 2 aromatic carbocycles. The van der Waals surface area contributed by atoms with Crippen LogP contribution in [0.2, 0.25) is 0 Å². The van der Waals surface area contributed by atoms with Crippen molar-refractivity contribution in [3.8, 4) is 0 Å². The SMILES string of the molecule is CC[C@@H](OC(=O)N1c2ccccc2C(N(C(=O)CCC(=O)O)C2CC2)C2CCCC21)c1ccccc1.